The smallest absolute Gasteiger partial charge is 0.339 e. The summed E-state index contributed by atoms with van der Waals surface area (Å²) in [5.41, 5.74) is 7.11. The molecule has 0 aliphatic carbocycles. The van der Waals surface area contributed by atoms with E-state index in [0.29, 0.717) is 12.0 Å². The molecule has 0 aliphatic heterocycles. The molecule has 3 heteroatoms. The van der Waals surface area contributed by atoms with Crippen LogP contribution in [-0.2, 0) is 19.3 Å². The predicted octanol–water partition coefficient (Wildman–Crippen LogP) is 6.99. The topological polar surface area (TPSA) is 57.5 Å². The average Bonchev–Trinajstić information content (AvgIpc) is 2.87. The highest BCUT2D eigenvalue weighted by Gasteiger charge is 2.23. The van der Waals surface area contributed by atoms with Gasteiger partial charge in [-0.2, -0.15) is 0 Å². The first-order valence-electron chi connectivity index (χ1n) is 11.8. The summed E-state index contributed by atoms with van der Waals surface area (Å²) in [6, 6.07) is 30.4. The molecule has 0 radical (unpaired) electrons. The highest BCUT2D eigenvalue weighted by molar-refractivity contribution is 5.91. The molecular formula is C31H30O3. The third-order valence-corrected chi connectivity index (χ3v) is 6.45. The second-order valence-corrected chi connectivity index (χ2v) is 8.67. The van der Waals surface area contributed by atoms with Crippen LogP contribution in [-0.4, -0.2) is 16.2 Å². The lowest BCUT2D eigenvalue weighted by molar-refractivity contribution is 0.0693. The number of carbonyl (C=O) groups is 1. The molecule has 0 saturated heterocycles. The van der Waals surface area contributed by atoms with E-state index < -0.39 is 5.97 Å². The van der Waals surface area contributed by atoms with Crippen molar-refractivity contribution in [3.63, 3.8) is 0 Å². The lowest BCUT2D eigenvalue weighted by atomic mass is 9.82. The van der Waals surface area contributed by atoms with Crippen molar-refractivity contribution in [3.8, 4) is 5.75 Å². The molecule has 0 amide bonds. The quantitative estimate of drug-likeness (QED) is 0.285. The molecule has 4 aromatic rings. The van der Waals surface area contributed by atoms with E-state index in [0.717, 1.165) is 35.1 Å². The Kier molecular flexibility index (Phi) is 7.12. The minimum Gasteiger partial charge on any atom is -0.507 e. The number of aryl methyl sites for hydroxylation is 2. The minimum atomic E-state index is -1.13. The van der Waals surface area contributed by atoms with E-state index in [1.165, 1.54) is 11.1 Å². The van der Waals surface area contributed by atoms with Crippen molar-refractivity contribution in [3.05, 3.63) is 136 Å². The maximum Gasteiger partial charge on any atom is 0.339 e. The van der Waals surface area contributed by atoms with Gasteiger partial charge in [-0.25, -0.2) is 4.79 Å². The number of aromatic hydroxyl groups is 1. The maximum absolute atomic E-state index is 12.1. The van der Waals surface area contributed by atoms with Gasteiger partial charge < -0.3 is 10.2 Å². The van der Waals surface area contributed by atoms with Gasteiger partial charge in [-0.3, -0.25) is 0 Å². The molecule has 2 N–H and O–H groups in total. The molecule has 4 aromatic carbocycles. The van der Waals surface area contributed by atoms with Crippen LogP contribution in [0.1, 0.15) is 69.1 Å². The minimum absolute atomic E-state index is 0.0659. The van der Waals surface area contributed by atoms with E-state index in [2.05, 4.69) is 62.4 Å². The van der Waals surface area contributed by atoms with Crippen LogP contribution in [0.5, 0.6) is 5.75 Å². The zero-order valence-electron chi connectivity index (χ0n) is 19.7. The van der Waals surface area contributed by atoms with Crippen LogP contribution in [0.4, 0.5) is 0 Å². The summed E-state index contributed by atoms with van der Waals surface area (Å²) in [7, 11) is 0. The van der Waals surface area contributed by atoms with Crippen LogP contribution in [0.25, 0.3) is 0 Å². The lowest BCUT2D eigenvalue weighted by Crippen LogP contribution is -2.08. The van der Waals surface area contributed by atoms with Gasteiger partial charge in [0.05, 0.1) is 0 Å². The Bertz CT molecular complexity index is 1210. The molecule has 3 nitrogen and oxygen atoms in total. The molecule has 4 rings (SSSR count). The first-order valence-corrected chi connectivity index (χ1v) is 11.8. The van der Waals surface area contributed by atoms with Crippen LogP contribution < -0.4 is 0 Å². The van der Waals surface area contributed by atoms with Crippen molar-refractivity contribution >= 4 is 5.97 Å². The molecule has 0 spiro atoms. The first kappa shape index (κ1) is 23.3. The number of carboxylic acid groups (broad SMARTS) is 1. The monoisotopic (exact) mass is 450 g/mol. The van der Waals surface area contributed by atoms with Crippen molar-refractivity contribution in [2.24, 2.45) is 0 Å². The van der Waals surface area contributed by atoms with Gasteiger partial charge in [0.25, 0.3) is 0 Å². The van der Waals surface area contributed by atoms with Gasteiger partial charge in [-0.05, 0) is 57.9 Å². The Balaban J connectivity index is 1.88. The molecule has 0 saturated carbocycles. The van der Waals surface area contributed by atoms with Gasteiger partial charge >= 0.3 is 5.97 Å². The third kappa shape index (κ3) is 5.04. The Morgan fingerprint density at radius 1 is 0.706 bits per heavy atom. The fourth-order valence-corrected chi connectivity index (χ4v) is 4.47. The average molecular weight is 451 g/mol. The van der Waals surface area contributed by atoms with E-state index in [1.807, 2.05) is 36.4 Å². The van der Waals surface area contributed by atoms with Crippen LogP contribution in [0.15, 0.2) is 91.0 Å². The summed E-state index contributed by atoms with van der Waals surface area (Å²) >= 11 is 0. The molecule has 0 fully saturated rings. The van der Waals surface area contributed by atoms with E-state index in [4.69, 9.17) is 0 Å². The first-order chi connectivity index (χ1) is 16.5. The summed E-state index contributed by atoms with van der Waals surface area (Å²) in [6.45, 7) is 4.26. The Hall–Kier alpha value is -3.85. The predicted molar refractivity (Wildman–Crippen MR) is 137 cm³/mol. The van der Waals surface area contributed by atoms with E-state index in [9.17, 15) is 15.0 Å². The lowest BCUT2D eigenvalue weighted by Gasteiger charge is -2.22. The van der Waals surface area contributed by atoms with E-state index in [-0.39, 0.29) is 17.2 Å². The van der Waals surface area contributed by atoms with Gasteiger partial charge in [-0.15, -0.1) is 0 Å². The summed E-state index contributed by atoms with van der Waals surface area (Å²) in [5, 5.41) is 20.7. The van der Waals surface area contributed by atoms with Gasteiger partial charge in [0.15, 0.2) is 0 Å². The van der Waals surface area contributed by atoms with Crippen molar-refractivity contribution in [2.75, 3.05) is 0 Å². The van der Waals surface area contributed by atoms with Crippen molar-refractivity contribution < 1.29 is 15.0 Å². The molecule has 34 heavy (non-hydrogen) atoms. The summed E-state index contributed by atoms with van der Waals surface area (Å²) in [4.78, 5) is 12.1. The number of rotatable bonds is 8. The second kappa shape index (κ2) is 10.4. The number of phenols is 1. The molecule has 0 heterocycles. The summed E-state index contributed by atoms with van der Waals surface area (Å²) in [6.07, 6.45) is 2.37. The van der Waals surface area contributed by atoms with E-state index >= 15 is 0 Å². The van der Waals surface area contributed by atoms with Crippen molar-refractivity contribution in [1.29, 1.82) is 0 Å². The maximum atomic E-state index is 12.1. The molecule has 0 aliphatic rings. The van der Waals surface area contributed by atoms with Gasteiger partial charge in [0.1, 0.15) is 11.3 Å². The largest absolute Gasteiger partial charge is 0.507 e. The number of hydrogen-bond acceptors (Lipinski definition) is 2. The number of hydrogen-bond donors (Lipinski definition) is 2. The summed E-state index contributed by atoms with van der Waals surface area (Å²) < 4.78 is 0. The Morgan fingerprint density at radius 2 is 1.24 bits per heavy atom. The molecule has 0 unspecified atom stereocenters. The fraction of sp³-hybridized carbons (Fsp3) is 0.194. The molecular weight excluding hydrogens is 420 g/mol. The Morgan fingerprint density at radius 3 is 1.71 bits per heavy atom. The number of benzene rings is 4. The normalized spacial score (nSPS) is 11.0. The molecule has 0 aromatic heterocycles. The van der Waals surface area contributed by atoms with Gasteiger partial charge in [0, 0.05) is 12.3 Å². The summed E-state index contributed by atoms with van der Waals surface area (Å²) in [5.74, 6) is -1.44. The van der Waals surface area contributed by atoms with Crippen LogP contribution in [0, 0.1) is 0 Å². The van der Waals surface area contributed by atoms with Gasteiger partial charge in [-0.1, -0.05) is 98.8 Å². The standard InChI is InChI=1S/C31H30O3/c1-3-21-10-14-24(15-11-21)29(25-16-12-22(4-2)13-17-25)26-19-27(18-23-8-6-5-7-9-23)30(32)28(20-26)31(33)34/h5-17,19-20,29,32H,3-4,18H2,1-2H3,(H,33,34). The van der Waals surface area contributed by atoms with Gasteiger partial charge in [0.2, 0.25) is 0 Å². The molecule has 0 bridgehead atoms. The highest BCUT2D eigenvalue weighted by atomic mass is 16.4. The van der Waals surface area contributed by atoms with E-state index in [1.54, 1.807) is 6.07 Å². The highest BCUT2D eigenvalue weighted by Crippen LogP contribution is 2.37. The second-order valence-electron chi connectivity index (χ2n) is 8.67. The van der Waals surface area contributed by atoms with Crippen LogP contribution in [0.2, 0.25) is 0 Å². The SMILES string of the molecule is CCc1ccc(C(c2ccc(CC)cc2)c2cc(Cc3ccccc3)c(O)c(C(=O)O)c2)cc1. The van der Waals surface area contributed by atoms with Crippen molar-refractivity contribution in [1.82, 2.24) is 0 Å². The van der Waals surface area contributed by atoms with Crippen LogP contribution >= 0.6 is 0 Å². The van der Waals surface area contributed by atoms with Crippen molar-refractivity contribution in [2.45, 2.75) is 39.0 Å². The third-order valence-electron chi connectivity index (χ3n) is 6.45. The fourth-order valence-electron chi connectivity index (χ4n) is 4.47. The molecule has 0 atom stereocenters. The number of aromatic carboxylic acids is 1. The zero-order chi connectivity index (χ0) is 24.1. The Labute approximate surface area is 201 Å². The van der Waals surface area contributed by atoms with Crippen LogP contribution in [0.3, 0.4) is 0 Å². The molecule has 172 valence electrons. The zero-order valence-corrected chi connectivity index (χ0v) is 19.7. The number of carboxylic acids is 1.